The van der Waals surface area contributed by atoms with Crippen LogP contribution in [0.1, 0.15) is 12.0 Å². The summed E-state index contributed by atoms with van der Waals surface area (Å²) >= 11 is 0. The Hall–Kier alpha value is -1.91. The number of para-hydroxylation sites is 1. The average molecular weight is 315 g/mol. The van der Waals surface area contributed by atoms with Crippen molar-refractivity contribution in [1.82, 2.24) is 4.90 Å². The summed E-state index contributed by atoms with van der Waals surface area (Å²) in [4.78, 5) is 2.32. The van der Waals surface area contributed by atoms with Crippen molar-refractivity contribution >= 4 is 0 Å². The SMILES string of the molecule is O[C@@H]1CCN(Cc2ccccc2)C[C@H]1COc1ccccc1F. The summed E-state index contributed by atoms with van der Waals surface area (Å²) in [6, 6.07) is 16.7. The maximum absolute atomic E-state index is 13.6. The highest BCUT2D eigenvalue weighted by molar-refractivity contribution is 5.23. The summed E-state index contributed by atoms with van der Waals surface area (Å²) in [5.41, 5.74) is 1.26. The number of aliphatic hydroxyl groups excluding tert-OH is 1. The Labute approximate surface area is 136 Å². The lowest BCUT2D eigenvalue weighted by Crippen LogP contribution is -2.45. The molecule has 23 heavy (non-hydrogen) atoms. The predicted octanol–water partition coefficient (Wildman–Crippen LogP) is 3.09. The number of piperidine rings is 1. The van der Waals surface area contributed by atoms with Crippen LogP contribution in [0.5, 0.6) is 5.75 Å². The van der Waals surface area contributed by atoms with E-state index in [-0.39, 0.29) is 17.5 Å². The summed E-state index contributed by atoms with van der Waals surface area (Å²) in [5.74, 6) is -0.120. The molecule has 1 aliphatic rings. The lowest BCUT2D eigenvalue weighted by molar-refractivity contribution is 0.00230. The third-order valence-corrected chi connectivity index (χ3v) is 4.32. The molecule has 1 fully saturated rings. The van der Waals surface area contributed by atoms with Gasteiger partial charge in [0.05, 0.1) is 12.7 Å². The molecule has 122 valence electrons. The third-order valence-electron chi connectivity index (χ3n) is 4.32. The number of benzene rings is 2. The molecule has 0 spiro atoms. The Morgan fingerprint density at radius 2 is 1.83 bits per heavy atom. The quantitative estimate of drug-likeness (QED) is 0.920. The van der Waals surface area contributed by atoms with E-state index >= 15 is 0 Å². The van der Waals surface area contributed by atoms with Crippen LogP contribution in [0.2, 0.25) is 0 Å². The van der Waals surface area contributed by atoms with E-state index in [9.17, 15) is 9.50 Å². The molecule has 0 aromatic heterocycles. The second-order valence-electron chi connectivity index (χ2n) is 6.08. The largest absolute Gasteiger partial charge is 0.490 e. The third kappa shape index (κ3) is 4.30. The molecule has 0 bridgehead atoms. The Morgan fingerprint density at radius 1 is 1.09 bits per heavy atom. The minimum Gasteiger partial charge on any atom is -0.490 e. The molecule has 2 aromatic rings. The second-order valence-corrected chi connectivity index (χ2v) is 6.08. The number of likely N-dealkylation sites (tertiary alicyclic amines) is 1. The molecule has 3 nitrogen and oxygen atoms in total. The van der Waals surface area contributed by atoms with Crippen LogP contribution in [0.25, 0.3) is 0 Å². The van der Waals surface area contributed by atoms with E-state index in [2.05, 4.69) is 17.0 Å². The molecule has 0 unspecified atom stereocenters. The first-order valence-corrected chi connectivity index (χ1v) is 8.04. The van der Waals surface area contributed by atoms with Crippen molar-refractivity contribution < 1.29 is 14.2 Å². The summed E-state index contributed by atoms with van der Waals surface area (Å²) in [7, 11) is 0. The van der Waals surface area contributed by atoms with Crippen LogP contribution < -0.4 is 4.74 Å². The number of rotatable bonds is 5. The molecule has 0 radical (unpaired) electrons. The van der Waals surface area contributed by atoms with Crippen LogP contribution >= 0.6 is 0 Å². The zero-order valence-corrected chi connectivity index (χ0v) is 13.1. The molecule has 1 heterocycles. The van der Waals surface area contributed by atoms with Crippen molar-refractivity contribution in [1.29, 1.82) is 0 Å². The van der Waals surface area contributed by atoms with Gasteiger partial charge in [-0.25, -0.2) is 4.39 Å². The Morgan fingerprint density at radius 3 is 2.61 bits per heavy atom. The molecule has 4 heteroatoms. The Bertz CT molecular complexity index is 620. The standard InChI is InChI=1S/C19H22FNO2/c20-17-8-4-5-9-19(17)23-14-16-13-21(11-10-18(16)22)12-15-6-2-1-3-7-15/h1-9,16,18,22H,10-14H2/t16-,18+/m0/s1. The van der Waals surface area contributed by atoms with Crippen molar-refractivity contribution in [3.05, 3.63) is 66.0 Å². The lowest BCUT2D eigenvalue weighted by atomic mass is 9.95. The number of nitrogens with zero attached hydrogens (tertiary/aromatic N) is 1. The molecule has 0 amide bonds. The van der Waals surface area contributed by atoms with Crippen LogP contribution in [-0.2, 0) is 6.54 Å². The van der Waals surface area contributed by atoms with Gasteiger partial charge in [0.25, 0.3) is 0 Å². The number of hydrogen-bond acceptors (Lipinski definition) is 3. The molecular weight excluding hydrogens is 293 g/mol. The molecule has 1 saturated heterocycles. The fourth-order valence-electron chi connectivity index (χ4n) is 3.00. The molecule has 2 aromatic carbocycles. The molecule has 1 aliphatic heterocycles. The van der Waals surface area contributed by atoms with E-state index in [4.69, 9.17) is 4.74 Å². The summed E-state index contributed by atoms with van der Waals surface area (Å²) in [6.07, 6.45) is 0.326. The normalized spacial score (nSPS) is 22.0. The van der Waals surface area contributed by atoms with Crippen molar-refractivity contribution in [2.45, 2.75) is 19.1 Å². The van der Waals surface area contributed by atoms with Gasteiger partial charge in [0, 0.05) is 25.6 Å². The van der Waals surface area contributed by atoms with E-state index in [1.807, 2.05) is 18.2 Å². The maximum atomic E-state index is 13.6. The number of aliphatic hydroxyl groups is 1. The van der Waals surface area contributed by atoms with Crippen LogP contribution in [0.3, 0.4) is 0 Å². The van der Waals surface area contributed by atoms with Crippen molar-refractivity contribution in [2.24, 2.45) is 5.92 Å². The van der Waals surface area contributed by atoms with Gasteiger partial charge in [-0.3, -0.25) is 4.90 Å². The Balaban J connectivity index is 1.57. The molecular formula is C19H22FNO2. The monoisotopic (exact) mass is 315 g/mol. The van der Waals surface area contributed by atoms with E-state index in [0.717, 1.165) is 26.1 Å². The van der Waals surface area contributed by atoms with E-state index in [0.29, 0.717) is 6.61 Å². The minimum atomic E-state index is -0.395. The topological polar surface area (TPSA) is 32.7 Å². The van der Waals surface area contributed by atoms with Gasteiger partial charge in [0.1, 0.15) is 0 Å². The first kappa shape index (κ1) is 16.0. The summed E-state index contributed by atoms with van der Waals surface area (Å²) < 4.78 is 19.2. The maximum Gasteiger partial charge on any atom is 0.165 e. The summed E-state index contributed by atoms with van der Waals surface area (Å²) in [6.45, 7) is 2.81. The first-order valence-electron chi connectivity index (χ1n) is 8.04. The molecule has 0 aliphatic carbocycles. The number of ether oxygens (including phenoxy) is 1. The zero-order valence-electron chi connectivity index (χ0n) is 13.1. The van der Waals surface area contributed by atoms with Crippen LogP contribution in [0.4, 0.5) is 4.39 Å². The first-order chi connectivity index (χ1) is 11.2. The van der Waals surface area contributed by atoms with Gasteiger partial charge < -0.3 is 9.84 Å². The van der Waals surface area contributed by atoms with Crippen LogP contribution in [0.15, 0.2) is 54.6 Å². The highest BCUT2D eigenvalue weighted by atomic mass is 19.1. The number of halogens is 1. The van der Waals surface area contributed by atoms with Gasteiger partial charge in [0.2, 0.25) is 0 Å². The zero-order chi connectivity index (χ0) is 16.1. The van der Waals surface area contributed by atoms with E-state index in [1.54, 1.807) is 18.2 Å². The molecule has 0 saturated carbocycles. The van der Waals surface area contributed by atoms with Crippen molar-refractivity contribution in [2.75, 3.05) is 19.7 Å². The highest BCUT2D eigenvalue weighted by Crippen LogP contribution is 2.22. The number of hydrogen-bond donors (Lipinski definition) is 1. The highest BCUT2D eigenvalue weighted by Gasteiger charge is 2.28. The minimum absolute atomic E-state index is 0.00734. The van der Waals surface area contributed by atoms with Gasteiger partial charge in [0.15, 0.2) is 11.6 Å². The molecule has 3 rings (SSSR count). The molecule has 2 atom stereocenters. The predicted molar refractivity (Wildman–Crippen MR) is 87.7 cm³/mol. The fraction of sp³-hybridized carbons (Fsp3) is 0.368. The van der Waals surface area contributed by atoms with E-state index in [1.165, 1.54) is 11.6 Å². The lowest BCUT2D eigenvalue weighted by Gasteiger charge is -2.36. The summed E-state index contributed by atoms with van der Waals surface area (Å²) in [5, 5.41) is 10.2. The van der Waals surface area contributed by atoms with Crippen molar-refractivity contribution in [3.63, 3.8) is 0 Å². The molecule has 1 N–H and O–H groups in total. The van der Waals surface area contributed by atoms with Gasteiger partial charge in [-0.15, -0.1) is 0 Å². The average Bonchev–Trinajstić information content (AvgIpc) is 2.57. The van der Waals surface area contributed by atoms with Gasteiger partial charge >= 0.3 is 0 Å². The smallest absolute Gasteiger partial charge is 0.165 e. The van der Waals surface area contributed by atoms with E-state index < -0.39 is 6.10 Å². The second kappa shape index (κ2) is 7.57. The van der Waals surface area contributed by atoms with Gasteiger partial charge in [-0.2, -0.15) is 0 Å². The van der Waals surface area contributed by atoms with Crippen LogP contribution in [0, 0.1) is 11.7 Å². The van der Waals surface area contributed by atoms with Gasteiger partial charge in [-0.1, -0.05) is 42.5 Å². The van der Waals surface area contributed by atoms with Crippen LogP contribution in [-0.4, -0.2) is 35.8 Å². The van der Waals surface area contributed by atoms with Crippen molar-refractivity contribution in [3.8, 4) is 5.75 Å². The Kier molecular flexibility index (Phi) is 5.26. The van der Waals surface area contributed by atoms with Gasteiger partial charge in [-0.05, 0) is 24.1 Å². The fourth-order valence-corrected chi connectivity index (χ4v) is 3.00.